The van der Waals surface area contributed by atoms with Gasteiger partial charge in [-0.2, -0.15) is 43.2 Å². The van der Waals surface area contributed by atoms with E-state index in [4.69, 9.17) is 14.2 Å². The van der Waals surface area contributed by atoms with Crippen molar-refractivity contribution >= 4 is 20.2 Å². The summed E-state index contributed by atoms with van der Waals surface area (Å²) < 4.78 is 151. The summed E-state index contributed by atoms with van der Waals surface area (Å²) in [5.41, 5.74) is -18.8. The second-order valence-electron chi connectivity index (χ2n) is 9.28. The maximum atomic E-state index is 13.0. The average Bonchev–Trinajstić information content (AvgIpc) is 3.42. The highest BCUT2D eigenvalue weighted by Crippen LogP contribution is 2.58. The number of halogens is 6. The van der Waals surface area contributed by atoms with Crippen molar-refractivity contribution in [2.45, 2.75) is 72.9 Å². The third-order valence-electron chi connectivity index (χ3n) is 6.53. The zero-order valence-electron chi connectivity index (χ0n) is 19.6. The fourth-order valence-electron chi connectivity index (χ4n) is 4.85. The lowest BCUT2D eigenvalue weighted by Crippen LogP contribution is -2.54. The van der Waals surface area contributed by atoms with E-state index in [-0.39, 0.29) is 12.8 Å². The normalized spacial score (nSPS) is 28.7. The molecule has 21 heteroatoms. The van der Waals surface area contributed by atoms with Gasteiger partial charge in [0.1, 0.15) is 30.5 Å². The molecular formula is C18H20F6N2O11S2. The van der Waals surface area contributed by atoms with Gasteiger partial charge in [0, 0.05) is 25.1 Å². The largest absolute Gasteiger partial charge is 0.523 e. The Kier molecular flexibility index (Phi) is 7.09. The first-order valence-electron chi connectivity index (χ1n) is 11.0. The molecule has 1 saturated carbocycles. The lowest BCUT2D eigenvalue weighted by Gasteiger charge is -2.34. The molecule has 39 heavy (non-hydrogen) atoms. The molecule has 1 aliphatic carbocycles. The minimum atomic E-state index is -6.40. The molecule has 222 valence electrons. The molecule has 1 unspecified atom stereocenters. The van der Waals surface area contributed by atoms with Crippen LogP contribution in [0.2, 0.25) is 0 Å². The second-order valence-corrected chi connectivity index (χ2v) is 12.5. The SMILES string of the molecule is C[C@@]12OC3(CCCC3)OC1C(COS(=O)(=O)C(F)(F)F)(COS(=O)(=O)C(F)(F)F)O[C@H]2n1ccc(=O)[nH]c1=O. The number of ether oxygens (including phenoxy) is 3. The minimum absolute atomic E-state index is 0.172. The molecule has 0 amide bonds. The molecule has 1 N–H and O–H groups in total. The molecule has 1 aromatic heterocycles. The lowest BCUT2D eigenvalue weighted by atomic mass is 9.88. The van der Waals surface area contributed by atoms with Crippen molar-refractivity contribution in [1.82, 2.24) is 9.55 Å². The van der Waals surface area contributed by atoms with Crippen LogP contribution in [0.3, 0.4) is 0 Å². The number of H-pyrrole nitrogens is 1. The molecule has 2 aliphatic heterocycles. The quantitative estimate of drug-likeness (QED) is 0.263. The summed E-state index contributed by atoms with van der Waals surface area (Å²) in [6.45, 7) is -2.34. The number of fused-ring (bicyclic) bond motifs is 1. The van der Waals surface area contributed by atoms with Gasteiger partial charge < -0.3 is 14.2 Å². The molecule has 4 rings (SSSR count). The first kappa shape index (κ1) is 29.9. The van der Waals surface area contributed by atoms with Gasteiger partial charge >= 0.3 is 36.9 Å². The van der Waals surface area contributed by atoms with E-state index in [0.29, 0.717) is 17.4 Å². The van der Waals surface area contributed by atoms with Gasteiger partial charge in [-0.15, -0.1) is 0 Å². The van der Waals surface area contributed by atoms with E-state index >= 15 is 0 Å². The molecule has 1 aromatic rings. The number of aromatic amines is 1. The highest BCUT2D eigenvalue weighted by atomic mass is 32.2. The van der Waals surface area contributed by atoms with Crippen molar-refractivity contribution in [2.24, 2.45) is 0 Å². The van der Waals surface area contributed by atoms with Gasteiger partial charge in [0.15, 0.2) is 12.0 Å². The first-order valence-corrected chi connectivity index (χ1v) is 13.8. The van der Waals surface area contributed by atoms with Gasteiger partial charge in [-0.1, -0.05) is 0 Å². The van der Waals surface area contributed by atoms with Crippen molar-refractivity contribution in [3.8, 4) is 0 Å². The Hall–Kier alpha value is -2.04. The predicted octanol–water partition coefficient (Wildman–Crippen LogP) is 0.981. The number of nitrogens with one attached hydrogen (secondary N) is 1. The van der Waals surface area contributed by atoms with Gasteiger partial charge in [0.05, 0.1) is 0 Å². The van der Waals surface area contributed by atoms with Crippen LogP contribution < -0.4 is 11.2 Å². The van der Waals surface area contributed by atoms with Crippen LogP contribution >= 0.6 is 0 Å². The molecule has 3 fully saturated rings. The highest BCUT2D eigenvalue weighted by Gasteiger charge is 2.73. The van der Waals surface area contributed by atoms with Crippen LogP contribution in [0.15, 0.2) is 21.9 Å². The van der Waals surface area contributed by atoms with E-state index in [9.17, 15) is 52.8 Å². The minimum Gasteiger partial charge on any atom is -0.340 e. The number of hydrogen-bond acceptors (Lipinski definition) is 11. The maximum absolute atomic E-state index is 13.0. The van der Waals surface area contributed by atoms with Crippen LogP contribution in [0.1, 0.15) is 38.8 Å². The molecule has 1 spiro atoms. The molecule has 3 heterocycles. The summed E-state index contributed by atoms with van der Waals surface area (Å²) >= 11 is 0. The number of aromatic nitrogens is 2. The summed E-state index contributed by atoms with van der Waals surface area (Å²) in [4.78, 5) is 26.0. The topological polar surface area (TPSA) is 169 Å². The molecule has 3 aliphatic rings. The number of rotatable bonds is 7. The first-order chi connectivity index (χ1) is 17.7. The number of nitrogens with zero attached hydrogens (tertiary/aromatic N) is 1. The number of hydrogen-bond donors (Lipinski definition) is 1. The lowest BCUT2D eigenvalue weighted by molar-refractivity contribution is -0.254. The smallest absolute Gasteiger partial charge is 0.340 e. The fraction of sp³-hybridized carbons (Fsp3) is 0.778. The third kappa shape index (κ3) is 5.12. The molecule has 0 bridgehead atoms. The monoisotopic (exact) mass is 618 g/mol. The van der Waals surface area contributed by atoms with Crippen molar-refractivity contribution in [2.75, 3.05) is 13.2 Å². The van der Waals surface area contributed by atoms with Gasteiger partial charge in [-0.25, -0.2) is 4.79 Å². The Morgan fingerprint density at radius 2 is 1.49 bits per heavy atom. The number of alkyl halides is 6. The Morgan fingerprint density at radius 1 is 0.974 bits per heavy atom. The van der Waals surface area contributed by atoms with Crippen molar-refractivity contribution in [1.29, 1.82) is 0 Å². The molecule has 0 radical (unpaired) electrons. The van der Waals surface area contributed by atoms with Gasteiger partial charge in [0.2, 0.25) is 0 Å². The summed E-state index contributed by atoms with van der Waals surface area (Å²) in [6.07, 6.45) is -1.43. The average molecular weight is 618 g/mol. The van der Waals surface area contributed by atoms with Crippen LogP contribution in [0.25, 0.3) is 0 Å². The highest BCUT2D eigenvalue weighted by molar-refractivity contribution is 7.87. The summed E-state index contributed by atoms with van der Waals surface area (Å²) in [5.74, 6) is -1.50. The van der Waals surface area contributed by atoms with Crippen LogP contribution in [-0.2, 0) is 42.8 Å². The standard InChI is InChI=1S/C18H20F6N2O11S2/c1-14-11(35-16(37-14)5-2-3-6-16)15(8-33-38(29,30)17(19,20)21,9-34-39(31,32)18(22,23)24)36-12(14)26-7-4-10(27)25-13(26)28/h4,7,11-12H,2-3,5-6,8-9H2,1H3,(H,25,27,28)/t11?,12-,14-/m1/s1. The van der Waals surface area contributed by atoms with Crippen molar-refractivity contribution in [3.05, 3.63) is 33.1 Å². The van der Waals surface area contributed by atoms with Gasteiger partial charge in [0.25, 0.3) is 5.56 Å². The zero-order valence-corrected chi connectivity index (χ0v) is 21.2. The van der Waals surface area contributed by atoms with Crippen LogP contribution in [-0.4, -0.2) is 73.7 Å². The van der Waals surface area contributed by atoms with Crippen LogP contribution in [0.4, 0.5) is 26.3 Å². The van der Waals surface area contributed by atoms with E-state index < -0.39 is 85.0 Å². The third-order valence-corrected chi connectivity index (χ3v) is 8.52. The molecule has 2 saturated heterocycles. The molecule has 0 aromatic carbocycles. The van der Waals surface area contributed by atoms with E-state index in [2.05, 4.69) is 8.37 Å². The molecule has 13 nitrogen and oxygen atoms in total. The van der Waals surface area contributed by atoms with E-state index in [1.807, 2.05) is 4.98 Å². The predicted molar refractivity (Wildman–Crippen MR) is 112 cm³/mol. The van der Waals surface area contributed by atoms with Crippen LogP contribution in [0, 0.1) is 0 Å². The van der Waals surface area contributed by atoms with E-state index in [1.165, 1.54) is 6.92 Å². The summed E-state index contributed by atoms with van der Waals surface area (Å²) in [6, 6.07) is 0.833. The van der Waals surface area contributed by atoms with E-state index in [1.54, 1.807) is 0 Å². The Labute approximate surface area is 215 Å². The zero-order chi connectivity index (χ0) is 29.3. The molecule has 3 atom stereocenters. The Morgan fingerprint density at radius 3 is 1.95 bits per heavy atom. The van der Waals surface area contributed by atoms with Gasteiger partial charge in [-0.3, -0.25) is 22.7 Å². The Balaban J connectivity index is 1.85. The summed E-state index contributed by atoms with van der Waals surface area (Å²) in [5, 5.41) is 0. The van der Waals surface area contributed by atoms with Crippen LogP contribution in [0.5, 0.6) is 0 Å². The van der Waals surface area contributed by atoms with Crippen molar-refractivity contribution in [3.63, 3.8) is 0 Å². The molecular weight excluding hydrogens is 598 g/mol. The second kappa shape index (κ2) is 9.24. The van der Waals surface area contributed by atoms with Crippen molar-refractivity contribution < 1.29 is 65.8 Å². The van der Waals surface area contributed by atoms with E-state index in [0.717, 1.165) is 12.3 Å². The maximum Gasteiger partial charge on any atom is 0.523 e. The Bertz CT molecular complexity index is 1400. The van der Waals surface area contributed by atoms with Gasteiger partial charge in [-0.05, 0) is 19.8 Å². The fourth-order valence-corrected chi connectivity index (χ4v) is 5.83. The summed E-state index contributed by atoms with van der Waals surface area (Å²) in [7, 11) is -12.8.